The normalized spacial score (nSPS) is 10.1. The van der Waals surface area contributed by atoms with E-state index in [1.807, 2.05) is 60.7 Å². The Morgan fingerprint density at radius 2 is 1.92 bits per heavy atom. The minimum atomic E-state index is -0.385. The van der Waals surface area contributed by atoms with Crippen LogP contribution in [-0.2, 0) is 16.1 Å². The summed E-state index contributed by atoms with van der Waals surface area (Å²) < 4.78 is 5.15. The summed E-state index contributed by atoms with van der Waals surface area (Å²) in [7, 11) is 0. The minimum absolute atomic E-state index is 0.122. The molecule has 0 spiro atoms. The maximum atomic E-state index is 11.6. The first kappa shape index (κ1) is 17.7. The Morgan fingerprint density at radius 1 is 1.21 bits per heavy atom. The second-order valence-electron chi connectivity index (χ2n) is 4.60. The monoisotopic (exact) mass is 354 g/mol. The minimum Gasteiger partial charge on any atom is -0.458 e. The molecule has 0 atom stereocenters. The van der Waals surface area contributed by atoms with Gasteiger partial charge in [0, 0.05) is 16.7 Å². The molecule has 0 aliphatic carbocycles. The van der Waals surface area contributed by atoms with E-state index in [2.05, 4.69) is 5.32 Å². The highest BCUT2D eigenvalue weighted by atomic mass is 32.2. The Hall–Kier alpha value is -2.62. The molecule has 0 bridgehead atoms. The predicted molar refractivity (Wildman–Crippen MR) is 99.5 cm³/mol. The number of thioether (sulfide) groups is 1. The molecule has 0 radical (unpaired) electrons. The third-order valence-corrected chi connectivity index (χ3v) is 3.86. The molecule has 6 heteroatoms. The maximum Gasteiger partial charge on any atom is 0.331 e. The van der Waals surface area contributed by atoms with Crippen molar-refractivity contribution in [1.29, 1.82) is 5.26 Å². The van der Waals surface area contributed by atoms with E-state index in [1.165, 1.54) is 17.8 Å². The summed E-state index contributed by atoms with van der Waals surface area (Å²) in [6.45, 7) is 0.258. The summed E-state index contributed by atoms with van der Waals surface area (Å²) in [4.78, 5) is 12.7. The fourth-order valence-corrected chi connectivity index (χ4v) is 2.47. The van der Waals surface area contributed by atoms with Gasteiger partial charge in [-0.2, -0.15) is 5.26 Å². The Balaban J connectivity index is 1.77. The zero-order valence-electron chi connectivity index (χ0n) is 12.6. The van der Waals surface area contributed by atoms with Gasteiger partial charge >= 0.3 is 5.97 Å². The van der Waals surface area contributed by atoms with Crippen LogP contribution >= 0.6 is 24.0 Å². The van der Waals surface area contributed by atoms with Gasteiger partial charge in [-0.25, -0.2) is 4.79 Å². The van der Waals surface area contributed by atoms with Gasteiger partial charge in [-0.15, -0.1) is 0 Å². The lowest BCUT2D eigenvalue weighted by Crippen LogP contribution is -2.04. The Morgan fingerprint density at radius 3 is 2.58 bits per heavy atom. The number of rotatable bonds is 6. The van der Waals surface area contributed by atoms with Gasteiger partial charge in [0.05, 0.1) is 0 Å². The SMILES string of the molecule is N#CC(=S)Nc1ccc(S/C=C/C(=O)OCc2ccccc2)cc1. The average Bonchev–Trinajstić information content (AvgIpc) is 2.62. The third kappa shape index (κ3) is 6.24. The van der Waals surface area contributed by atoms with Crippen LogP contribution < -0.4 is 5.32 Å². The van der Waals surface area contributed by atoms with E-state index in [1.54, 1.807) is 5.41 Å². The molecule has 0 fully saturated rings. The van der Waals surface area contributed by atoms with Gasteiger partial charge in [0.15, 0.2) is 4.99 Å². The van der Waals surface area contributed by atoms with Gasteiger partial charge in [0.2, 0.25) is 0 Å². The van der Waals surface area contributed by atoms with Crippen LogP contribution in [0.3, 0.4) is 0 Å². The summed E-state index contributed by atoms with van der Waals surface area (Å²) in [6, 6.07) is 18.7. The van der Waals surface area contributed by atoms with Crippen molar-refractivity contribution in [2.24, 2.45) is 0 Å². The average molecular weight is 354 g/mol. The predicted octanol–water partition coefficient (Wildman–Crippen LogP) is 4.30. The summed E-state index contributed by atoms with van der Waals surface area (Å²) in [5.74, 6) is -0.385. The smallest absolute Gasteiger partial charge is 0.331 e. The second kappa shape index (κ2) is 9.50. The first-order chi connectivity index (χ1) is 11.7. The van der Waals surface area contributed by atoms with Crippen molar-refractivity contribution in [1.82, 2.24) is 0 Å². The van der Waals surface area contributed by atoms with E-state index in [9.17, 15) is 4.79 Å². The molecule has 2 aromatic rings. The summed E-state index contributed by atoms with van der Waals surface area (Å²) in [6.07, 6.45) is 1.39. The Kier molecular flexibility index (Phi) is 7.02. The number of nitrogens with one attached hydrogen (secondary N) is 1. The Labute approximate surface area is 150 Å². The lowest BCUT2D eigenvalue weighted by molar-refractivity contribution is -0.138. The van der Waals surface area contributed by atoms with Gasteiger partial charge in [-0.05, 0) is 47.5 Å². The van der Waals surface area contributed by atoms with E-state index in [0.29, 0.717) is 0 Å². The van der Waals surface area contributed by atoms with Gasteiger partial charge in [-0.3, -0.25) is 0 Å². The molecule has 4 nitrogen and oxygen atoms in total. The van der Waals surface area contributed by atoms with Crippen LogP contribution in [0.2, 0.25) is 0 Å². The van der Waals surface area contributed by atoms with Crippen LogP contribution in [-0.4, -0.2) is 11.0 Å². The highest BCUT2D eigenvalue weighted by Gasteiger charge is 1.99. The van der Waals surface area contributed by atoms with Crippen LogP contribution in [0.5, 0.6) is 0 Å². The maximum absolute atomic E-state index is 11.6. The van der Waals surface area contributed by atoms with E-state index >= 15 is 0 Å². The van der Waals surface area contributed by atoms with Crippen LogP contribution in [0.1, 0.15) is 5.56 Å². The van der Waals surface area contributed by atoms with E-state index in [0.717, 1.165) is 16.1 Å². The molecule has 0 aliphatic rings. The number of carbonyl (C=O) groups excluding carboxylic acids is 1. The number of nitriles is 1. The van der Waals surface area contributed by atoms with Crippen molar-refractivity contribution in [2.45, 2.75) is 11.5 Å². The van der Waals surface area contributed by atoms with Gasteiger partial charge in [0.25, 0.3) is 0 Å². The van der Waals surface area contributed by atoms with Crippen molar-refractivity contribution in [3.05, 3.63) is 71.6 Å². The number of hydrogen-bond donors (Lipinski definition) is 1. The molecule has 1 N–H and O–H groups in total. The molecule has 2 aromatic carbocycles. The molecule has 0 aromatic heterocycles. The van der Waals surface area contributed by atoms with Crippen molar-refractivity contribution in [3.63, 3.8) is 0 Å². The summed E-state index contributed by atoms with van der Waals surface area (Å²) in [5.41, 5.74) is 1.70. The molecule has 0 heterocycles. The fourth-order valence-electron chi connectivity index (χ4n) is 1.72. The van der Waals surface area contributed by atoms with Crippen LogP contribution in [0.15, 0.2) is 71.0 Å². The number of esters is 1. The zero-order valence-corrected chi connectivity index (χ0v) is 14.3. The first-order valence-electron chi connectivity index (χ1n) is 7.02. The van der Waals surface area contributed by atoms with Crippen molar-refractivity contribution in [3.8, 4) is 6.07 Å². The molecule has 0 unspecified atom stereocenters. The zero-order chi connectivity index (χ0) is 17.2. The largest absolute Gasteiger partial charge is 0.458 e. The number of anilines is 1. The molecular weight excluding hydrogens is 340 g/mol. The van der Waals surface area contributed by atoms with E-state index < -0.39 is 0 Å². The number of thiocarbonyl (C=S) groups is 1. The lowest BCUT2D eigenvalue weighted by atomic mass is 10.2. The number of nitrogens with zero attached hydrogens (tertiary/aromatic N) is 1. The van der Waals surface area contributed by atoms with Gasteiger partial charge in [-0.1, -0.05) is 42.1 Å². The van der Waals surface area contributed by atoms with Crippen LogP contribution in [0.25, 0.3) is 0 Å². The van der Waals surface area contributed by atoms with Crippen LogP contribution in [0.4, 0.5) is 5.69 Å². The standard InChI is InChI=1S/C18H14N2O2S2/c19-12-17(23)20-15-6-8-16(9-7-15)24-11-10-18(21)22-13-14-4-2-1-3-5-14/h1-11H,13H2,(H,20,23)/b11-10+. The first-order valence-corrected chi connectivity index (χ1v) is 8.31. The van der Waals surface area contributed by atoms with Gasteiger partial charge < -0.3 is 10.1 Å². The molecular formula is C18H14N2O2S2. The molecule has 0 amide bonds. The summed E-state index contributed by atoms with van der Waals surface area (Å²) in [5, 5.41) is 13.1. The molecule has 24 heavy (non-hydrogen) atoms. The van der Waals surface area contributed by atoms with Crippen molar-refractivity contribution >= 4 is 40.6 Å². The number of ether oxygens (including phenoxy) is 1. The topological polar surface area (TPSA) is 62.1 Å². The summed E-state index contributed by atoms with van der Waals surface area (Å²) >= 11 is 6.19. The third-order valence-electron chi connectivity index (χ3n) is 2.85. The van der Waals surface area contributed by atoms with E-state index in [-0.39, 0.29) is 17.6 Å². The van der Waals surface area contributed by atoms with Crippen molar-refractivity contribution in [2.75, 3.05) is 5.32 Å². The van der Waals surface area contributed by atoms with Gasteiger partial charge in [0.1, 0.15) is 12.7 Å². The van der Waals surface area contributed by atoms with Crippen LogP contribution in [0, 0.1) is 11.3 Å². The molecule has 0 saturated heterocycles. The molecule has 2 rings (SSSR count). The second-order valence-corrected chi connectivity index (χ2v) is 5.99. The number of carbonyl (C=O) groups is 1. The molecule has 0 saturated carbocycles. The van der Waals surface area contributed by atoms with Crippen molar-refractivity contribution < 1.29 is 9.53 Å². The fraction of sp³-hybridized carbons (Fsp3) is 0.0556. The quantitative estimate of drug-likeness (QED) is 0.361. The highest BCUT2D eigenvalue weighted by Crippen LogP contribution is 2.21. The number of benzene rings is 2. The van der Waals surface area contributed by atoms with E-state index in [4.69, 9.17) is 22.2 Å². The number of hydrogen-bond acceptors (Lipinski definition) is 5. The Bertz CT molecular complexity index is 766. The lowest BCUT2D eigenvalue weighted by Gasteiger charge is -2.03. The molecule has 0 aliphatic heterocycles. The highest BCUT2D eigenvalue weighted by molar-refractivity contribution is 8.02. The molecule has 120 valence electrons.